The third kappa shape index (κ3) is 9.78. The number of hydroxylamine groups is 2. The zero-order valence-electron chi connectivity index (χ0n) is 39.3. The zero-order chi connectivity index (χ0) is 49.5. The van der Waals surface area contributed by atoms with E-state index in [2.05, 4.69) is 10.6 Å². The number of amides is 2. The highest BCUT2D eigenvalue weighted by molar-refractivity contribution is 5.96. The van der Waals surface area contributed by atoms with E-state index in [1.54, 1.807) is 58.9 Å². The number of ether oxygens (including phenoxy) is 6. The topological polar surface area (TPSA) is 235 Å². The van der Waals surface area contributed by atoms with Crippen molar-refractivity contribution in [1.82, 2.24) is 15.7 Å². The summed E-state index contributed by atoms with van der Waals surface area (Å²) in [7, 11) is 0. The Morgan fingerprint density at radius 2 is 1.54 bits per heavy atom. The zero-order valence-corrected chi connectivity index (χ0v) is 39.3. The SMILES string of the molecule is C[C@H](O)[C@@H](NC(=O)[C@@]12C[C@H]3OC(=O)[C@@H]1N(Cc1ccccc1C=CC(=O)O[C@H]1C(=O)OCC1(C)C)O[C@@H]2[C@H]1OC(c2ccccc2)(c2ccccc2)O[C@H]13)C(=O)N[C@H](CO)CCC(=O)OC(C)(C)C. The Morgan fingerprint density at radius 3 is 2.14 bits per heavy atom. The molecule has 18 nitrogen and oxygen atoms in total. The average molecular weight is 954 g/mol. The van der Waals surface area contributed by atoms with Gasteiger partial charge in [-0.1, -0.05) is 98.8 Å². The van der Waals surface area contributed by atoms with Gasteiger partial charge in [0.15, 0.2) is 6.04 Å². The van der Waals surface area contributed by atoms with E-state index >= 15 is 4.79 Å². The Kier molecular flexibility index (Phi) is 13.9. The largest absolute Gasteiger partial charge is 0.462 e. The van der Waals surface area contributed by atoms with Gasteiger partial charge in [0.1, 0.15) is 48.1 Å². The predicted octanol–water partition coefficient (Wildman–Crippen LogP) is 3.14. The van der Waals surface area contributed by atoms with Gasteiger partial charge in [-0.2, -0.15) is 5.06 Å². The molecule has 3 aromatic carbocycles. The number of carbonyl (C=O) groups is 6. The second kappa shape index (κ2) is 19.4. The lowest BCUT2D eigenvalue weighted by Gasteiger charge is -2.49. The maximum atomic E-state index is 15.4. The highest BCUT2D eigenvalue weighted by Gasteiger charge is 2.77. The third-order valence-corrected chi connectivity index (χ3v) is 13.1. The Balaban J connectivity index is 1.12. The molecule has 0 unspecified atom stereocenters. The molecule has 2 amide bonds. The standard InChI is InChI=1S/C51H59N3O15/c1-29(56)38(44(59)52-34(27-55)22-24-37(58)66-48(2,3)4)53-47(62)50-25-35-39-40(68-51(67-39,32-17-9-7-10-18-32)33-19-11-8-12-20-33)42(50)69-54(41(50)45(60)64-35)26-31-16-14-13-15-30(31)21-23-36(57)65-43-46(61)63-28-49(43,5)6/h7-21,23,29,34-35,38-43,55-56H,22,24-28H2,1-6H3,(H,52,59)(H,53,62)/t29-,34-,35+,38+,39-,40-,41-,42+,43-,50-/m0/s1. The molecule has 4 heterocycles. The maximum absolute atomic E-state index is 15.4. The quantitative estimate of drug-likeness (QED) is 0.0918. The van der Waals surface area contributed by atoms with Crippen LogP contribution < -0.4 is 10.6 Å². The first-order valence-electron chi connectivity index (χ1n) is 23.1. The molecule has 4 saturated heterocycles. The van der Waals surface area contributed by atoms with Crippen molar-refractivity contribution in [1.29, 1.82) is 0 Å². The van der Waals surface area contributed by atoms with Gasteiger partial charge in [0.2, 0.25) is 23.7 Å². The molecular weight excluding hydrogens is 895 g/mol. The number of nitrogens with one attached hydrogen (secondary N) is 2. The van der Waals surface area contributed by atoms with Crippen LogP contribution in [0.15, 0.2) is 91.0 Å². The summed E-state index contributed by atoms with van der Waals surface area (Å²) in [5, 5.41) is 28.0. The molecule has 4 N–H and O–H groups in total. The summed E-state index contributed by atoms with van der Waals surface area (Å²) in [6.07, 6.45) is -4.51. The van der Waals surface area contributed by atoms with E-state index in [4.69, 9.17) is 33.3 Å². The van der Waals surface area contributed by atoms with Crippen molar-refractivity contribution in [3.05, 3.63) is 113 Å². The first-order chi connectivity index (χ1) is 32.8. The van der Waals surface area contributed by atoms with Crippen molar-refractivity contribution in [3.8, 4) is 0 Å². The van der Waals surface area contributed by atoms with Gasteiger partial charge in [-0.3, -0.25) is 24.0 Å². The summed E-state index contributed by atoms with van der Waals surface area (Å²) in [4.78, 5) is 88.7. The number of nitrogens with zero attached hydrogens (tertiary/aromatic N) is 1. The van der Waals surface area contributed by atoms with Gasteiger partial charge in [0.25, 0.3) is 0 Å². The number of esters is 4. The van der Waals surface area contributed by atoms with Crippen LogP contribution in [0.1, 0.15) is 83.1 Å². The van der Waals surface area contributed by atoms with E-state index < -0.39 is 119 Å². The number of aliphatic hydroxyl groups is 2. The minimum atomic E-state index is -1.83. The molecule has 4 aliphatic heterocycles. The number of carbonyl (C=O) groups excluding carboxylic acids is 6. The minimum absolute atomic E-state index is 0.00179. The van der Waals surface area contributed by atoms with Gasteiger partial charge in [-0.15, -0.1) is 0 Å². The fourth-order valence-electron chi connectivity index (χ4n) is 9.81. The number of fused-ring (bicyclic) bond motifs is 4. The minimum Gasteiger partial charge on any atom is -0.462 e. The Morgan fingerprint density at radius 1 is 0.899 bits per heavy atom. The van der Waals surface area contributed by atoms with Crippen molar-refractivity contribution in [2.24, 2.45) is 10.8 Å². The van der Waals surface area contributed by atoms with Crippen molar-refractivity contribution < 1.29 is 72.2 Å². The monoisotopic (exact) mass is 953 g/mol. The van der Waals surface area contributed by atoms with E-state index in [0.717, 1.165) is 0 Å². The lowest BCUT2D eigenvalue weighted by atomic mass is 9.62. The van der Waals surface area contributed by atoms with Crippen LogP contribution in [0.2, 0.25) is 0 Å². The predicted molar refractivity (Wildman–Crippen MR) is 242 cm³/mol. The van der Waals surface area contributed by atoms with Crippen LogP contribution in [0.5, 0.6) is 0 Å². The molecule has 2 bridgehead atoms. The summed E-state index contributed by atoms with van der Waals surface area (Å²) in [6.45, 7) is 9.38. The van der Waals surface area contributed by atoms with Crippen LogP contribution in [0.4, 0.5) is 0 Å². The second-order valence-electron chi connectivity index (χ2n) is 19.9. The number of aliphatic hydroxyl groups excluding tert-OH is 2. The normalized spacial score (nSPS) is 27.9. The first-order valence-corrected chi connectivity index (χ1v) is 23.1. The highest BCUT2D eigenvalue weighted by Crippen LogP contribution is 2.59. The van der Waals surface area contributed by atoms with E-state index in [0.29, 0.717) is 22.3 Å². The van der Waals surface area contributed by atoms with Crippen molar-refractivity contribution in [2.75, 3.05) is 13.2 Å². The summed E-state index contributed by atoms with van der Waals surface area (Å²) in [5.74, 6) is -6.00. The second-order valence-corrected chi connectivity index (χ2v) is 19.9. The van der Waals surface area contributed by atoms with Crippen LogP contribution in [0.3, 0.4) is 0 Å². The number of cyclic esters (lactones) is 1. The van der Waals surface area contributed by atoms with Crippen LogP contribution in [-0.4, -0.2) is 125 Å². The first kappa shape index (κ1) is 49.4. The smallest absolute Gasteiger partial charge is 0.348 e. The molecule has 0 aromatic heterocycles. The molecule has 8 rings (SSSR count). The van der Waals surface area contributed by atoms with E-state index in [1.807, 2.05) is 60.7 Å². The number of hydrogen-bond donors (Lipinski definition) is 4. The van der Waals surface area contributed by atoms with Gasteiger partial charge < -0.3 is 49.3 Å². The van der Waals surface area contributed by atoms with Gasteiger partial charge in [-0.25, -0.2) is 9.59 Å². The molecule has 5 fully saturated rings. The van der Waals surface area contributed by atoms with E-state index in [1.165, 1.54) is 24.1 Å². The van der Waals surface area contributed by atoms with Crippen LogP contribution >= 0.6 is 0 Å². The lowest BCUT2D eigenvalue weighted by molar-refractivity contribution is -0.213. The lowest BCUT2D eigenvalue weighted by Crippen LogP contribution is -2.71. The number of benzene rings is 3. The van der Waals surface area contributed by atoms with Gasteiger partial charge >= 0.3 is 23.9 Å². The molecular formula is C51H59N3O15. The molecule has 5 aliphatic rings. The molecule has 69 heavy (non-hydrogen) atoms. The van der Waals surface area contributed by atoms with Crippen LogP contribution in [0.25, 0.3) is 6.08 Å². The fraction of sp³-hybridized carbons (Fsp3) is 0.490. The van der Waals surface area contributed by atoms with Crippen LogP contribution in [-0.2, 0) is 74.4 Å². The van der Waals surface area contributed by atoms with E-state index in [-0.39, 0.29) is 32.4 Å². The van der Waals surface area contributed by atoms with Crippen molar-refractivity contribution in [2.45, 2.75) is 133 Å². The number of hydrogen-bond acceptors (Lipinski definition) is 16. The molecule has 18 heteroatoms. The number of rotatable bonds is 16. The molecule has 1 aliphatic carbocycles. The van der Waals surface area contributed by atoms with Crippen molar-refractivity contribution >= 4 is 41.8 Å². The Labute approximate surface area is 399 Å². The molecule has 1 saturated carbocycles. The van der Waals surface area contributed by atoms with Crippen LogP contribution in [0, 0.1) is 10.8 Å². The van der Waals surface area contributed by atoms with Gasteiger partial charge in [0.05, 0.1) is 25.3 Å². The summed E-state index contributed by atoms with van der Waals surface area (Å²) in [6, 6.07) is 21.4. The van der Waals surface area contributed by atoms with Gasteiger partial charge in [0, 0.05) is 35.5 Å². The third-order valence-electron chi connectivity index (χ3n) is 13.1. The molecule has 0 spiro atoms. The molecule has 368 valence electrons. The maximum Gasteiger partial charge on any atom is 0.348 e. The Bertz CT molecular complexity index is 2420. The molecule has 3 aromatic rings. The Hall–Kier alpha value is -6.02. The fourth-order valence-corrected chi connectivity index (χ4v) is 9.81. The van der Waals surface area contributed by atoms with Gasteiger partial charge in [-0.05, 0) is 51.3 Å². The molecule has 10 atom stereocenters. The average Bonchev–Trinajstić information content (AvgIpc) is 3.97. The summed E-state index contributed by atoms with van der Waals surface area (Å²) < 4.78 is 36.2. The van der Waals surface area contributed by atoms with E-state index in [9.17, 15) is 34.2 Å². The summed E-state index contributed by atoms with van der Waals surface area (Å²) >= 11 is 0. The van der Waals surface area contributed by atoms with Crippen molar-refractivity contribution in [3.63, 3.8) is 0 Å². The molecule has 0 radical (unpaired) electrons. The highest BCUT2D eigenvalue weighted by atomic mass is 16.8. The summed E-state index contributed by atoms with van der Waals surface area (Å²) in [5.41, 5.74) is -0.982.